The summed E-state index contributed by atoms with van der Waals surface area (Å²) in [4.78, 5) is 36.0. The molecule has 0 unspecified atom stereocenters. The summed E-state index contributed by atoms with van der Waals surface area (Å²) < 4.78 is 0. The van der Waals surface area contributed by atoms with E-state index in [1.165, 1.54) is 12.1 Å². The van der Waals surface area contributed by atoms with Crippen molar-refractivity contribution in [2.75, 3.05) is 31.1 Å². The van der Waals surface area contributed by atoms with Crippen LogP contribution in [0.2, 0.25) is 0 Å². The van der Waals surface area contributed by atoms with Crippen LogP contribution in [-0.4, -0.2) is 51.9 Å². The number of benzene rings is 1. The van der Waals surface area contributed by atoms with Gasteiger partial charge in [-0.3, -0.25) is 14.9 Å². The standard InChI is InChI=1S/C21H27N5O3/c1-4-5-20(27)24-10-12-25(13-11-24)21-19(15(2)22-16(3)23-21)14-17-6-8-18(9-7-17)26(28)29/h6-9H,4-5,10-14H2,1-3H3. The van der Waals surface area contributed by atoms with Crippen LogP contribution in [-0.2, 0) is 11.2 Å². The Labute approximate surface area is 170 Å². The van der Waals surface area contributed by atoms with E-state index in [9.17, 15) is 14.9 Å². The van der Waals surface area contributed by atoms with Crippen molar-refractivity contribution in [1.29, 1.82) is 0 Å². The lowest BCUT2D eigenvalue weighted by Gasteiger charge is -2.36. The maximum Gasteiger partial charge on any atom is 0.269 e. The smallest absolute Gasteiger partial charge is 0.269 e. The lowest BCUT2D eigenvalue weighted by molar-refractivity contribution is -0.384. The molecule has 0 atom stereocenters. The van der Waals surface area contributed by atoms with Gasteiger partial charge in [0.15, 0.2) is 0 Å². The Hall–Kier alpha value is -3.03. The first-order valence-corrected chi connectivity index (χ1v) is 9.99. The van der Waals surface area contributed by atoms with Gasteiger partial charge in [-0.2, -0.15) is 0 Å². The van der Waals surface area contributed by atoms with Crippen molar-refractivity contribution in [3.05, 3.63) is 57.0 Å². The van der Waals surface area contributed by atoms with Gasteiger partial charge < -0.3 is 9.80 Å². The van der Waals surface area contributed by atoms with Gasteiger partial charge in [0.05, 0.1) is 4.92 Å². The molecule has 29 heavy (non-hydrogen) atoms. The van der Waals surface area contributed by atoms with E-state index >= 15 is 0 Å². The average Bonchev–Trinajstić information content (AvgIpc) is 2.70. The van der Waals surface area contributed by atoms with Gasteiger partial charge in [-0.25, -0.2) is 9.97 Å². The molecule has 0 bridgehead atoms. The van der Waals surface area contributed by atoms with E-state index in [4.69, 9.17) is 4.98 Å². The van der Waals surface area contributed by atoms with E-state index in [-0.39, 0.29) is 11.6 Å². The summed E-state index contributed by atoms with van der Waals surface area (Å²) in [5, 5.41) is 10.9. The van der Waals surface area contributed by atoms with Gasteiger partial charge in [0.2, 0.25) is 5.91 Å². The van der Waals surface area contributed by atoms with Crippen LogP contribution in [0.3, 0.4) is 0 Å². The molecule has 1 fully saturated rings. The predicted octanol–water partition coefficient (Wildman–Crippen LogP) is 3.04. The molecule has 8 nitrogen and oxygen atoms in total. The Bertz CT molecular complexity index is 890. The largest absolute Gasteiger partial charge is 0.353 e. The van der Waals surface area contributed by atoms with Crippen LogP contribution in [0.15, 0.2) is 24.3 Å². The fourth-order valence-electron chi connectivity index (χ4n) is 3.67. The maximum absolute atomic E-state index is 12.2. The molecule has 2 heterocycles. The Morgan fingerprint density at radius 3 is 2.34 bits per heavy atom. The number of carbonyl (C=O) groups excluding carboxylic acids is 1. The van der Waals surface area contributed by atoms with Gasteiger partial charge in [0.1, 0.15) is 11.6 Å². The van der Waals surface area contributed by atoms with Gasteiger partial charge in [-0.05, 0) is 25.8 Å². The fraction of sp³-hybridized carbons (Fsp3) is 0.476. The Morgan fingerprint density at radius 2 is 1.76 bits per heavy atom. The highest BCUT2D eigenvalue weighted by Gasteiger charge is 2.24. The summed E-state index contributed by atoms with van der Waals surface area (Å²) in [5.41, 5.74) is 3.00. The average molecular weight is 397 g/mol. The summed E-state index contributed by atoms with van der Waals surface area (Å²) in [6.07, 6.45) is 2.06. The van der Waals surface area contributed by atoms with E-state index in [2.05, 4.69) is 9.88 Å². The molecule has 0 aliphatic carbocycles. The molecule has 154 valence electrons. The minimum Gasteiger partial charge on any atom is -0.353 e. The summed E-state index contributed by atoms with van der Waals surface area (Å²) in [6, 6.07) is 6.61. The summed E-state index contributed by atoms with van der Waals surface area (Å²) >= 11 is 0. The third kappa shape index (κ3) is 4.88. The van der Waals surface area contributed by atoms with Crippen molar-refractivity contribution in [2.45, 2.75) is 40.0 Å². The lowest BCUT2D eigenvalue weighted by atomic mass is 10.0. The minimum absolute atomic E-state index is 0.0821. The van der Waals surface area contributed by atoms with Crippen molar-refractivity contribution in [2.24, 2.45) is 0 Å². The molecule has 3 rings (SSSR count). The number of carbonyl (C=O) groups is 1. The van der Waals surface area contributed by atoms with Gasteiger partial charge in [-0.15, -0.1) is 0 Å². The normalized spacial score (nSPS) is 14.2. The molecule has 1 aromatic heterocycles. The molecule has 1 aliphatic heterocycles. The first kappa shape index (κ1) is 20.7. The monoisotopic (exact) mass is 397 g/mol. The van der Waals surface area contributed by atoms with Crippen LogP contribution in [0.1, 0.15) is 42.4 Å². The second-order valence-corrected chi connectivity index (χ2v) is 7.38. The van der Waals surface area contributed by atoms with Crippen LogP contribution in [0.4, 0.5) is 11.5 Å². The van der Waals surface area contributed by atoms with Crippen molar-refractivity contribution >= 4 is 17.4 Å². The van der Waals surface area contributed by atoms with Crippen LogP contribution in [0.25, 0.3) is 0 Å². The van der Waals surface area contributed by atoms with E-state index in [1.54, 1.807) is 12.1 Å². The summed E-state index contributed by atoms with van der Waals surface area (Å²) in [5.74, 6) is 1.83. The first-order chi connectivity index (χ1) is 13.9. The predicted molar refractivity (Wildman–Crippen MR) is 111 cm³/mol. The zero-order chi connectivity index (χ0) is 21.0. The number of piperazine rings is 1. The van der Waals surface area contributed by atoms with Gasteiger partial charge in [0, 0.05) is 62.4 Å². The number of nitro benzene ring substituents is 1. The molecule has 1 saturated heterocycles. The van der Waals surface area contributed by atoms with Gasteiger partial charge >= 0.3 is 0 Å². The quantitative estimate of drug-likeness (QED) is 0.549. The van der Waals surface area contributed by atoms with E-state index in [0.29, 0.717) is 25.9 Å². The highest BCUT2D eigenvalue weighted by Crippen LogP contribution is 2.26. The van der Waals surface area contributed by atoms with Crippen LogP contribution < -0.4 is 4.90 Å². The minimum atomic E-state index is -0.394. The number of rotatable bonds is 6. The topological polar surface area (TPSA) is 92.5 Å². The lowest BCUT2D eigenvalue weighted by Crippen LogP contribution is -2.49. The Morgan fingerprint density at radius 1 is 1.10 bits per heavy atom. The number of nitro groups is 1. The Kier molecular flexibility index (Phi) is 6.41. The number of amides is 1. The molecular weight excluding hydrogens is 370 g/mol. The molecule has 1 aromatic carbocycles. The second kappa shape index (κ2) is 8.98. The van der Waals surface area contributed by atoms with Crippen molar-refractivity contribution in [3.8, 4) is 0 Å². The highest BCUT2D eigenvalue weighted by atomic mass is 16.6. The molecule has 0 N–H and O–H groups in total. The molecule has 0 radical (unpaired) electrons. The number of anilines is 1. The summed E-state index contributed by atoms with van der Waals surface area (Å²) in [6.45, 7) is 8.73. The molecule has 1 aliphatic rings. The van der Waals surface area contributed by atoms with Crippen molar-refractivity contribution in [1.82, 2.24) is 14.9 Å². The molecule has 0 saturated carbocycles. The third-order valence-electron chi connectivity index (χ3n) is 5.23. The zero-order valence-corrected chi connectivity index (χ0v) is 17.2. The van der Waals surface area contributed by atoms with Gasteiger partial charge in [-0.1, -0.05) is 19.1 Å². The third-order valence-corrected chi connectivity index (χ3v) is 5.23. The van der Waals surface area contributed by atoms with Crippen molar-refractivity contribution in [3.63, 3.8) is 0 Å². The highest BCUT2D eigenvalue weighted by molar-refractivity contribution is 5.76. The number of hydrogen-bond acceptors (Lipinski definition) is 6. The van der Waals surface area contributed by atoms with Crippen molar-refractivity contribution < 1.29 is 9.72 Å². The number of aromatic nitrogens is 2. The zero-order valence-electron chi connectivity index (χ0n) is 17.2. The number of hydrogen-bond donors (Lipinski definition) is 0. The number of nitrogens with zero attached hydrogens (tertiary/aromatic N) is 5. The van der Waals surface area contributed by atoms with E-state index in [0.717, 1.165) is 48.0 Å². The second-order valence-electron chi connectivity index (χ2n) is 7.38. The Balaban J connectivity index is 1.81. The molecule has 1 amide bonds. The number of non-ortho nitro benzene ring substituents is 1. The van der Waals surface area contributed by atoms with Crippen LogP contribution >= 0.6 is 0 Å². The first-order valence-electron chi connectivity index (χ1n) is 9.99. The molecule has 0 spiro atoms. The maximum atomic E-state index is 12.2. The molecule has 2 aromatic rings. The number of aryl methyl sites for hydroxylation is 2. The SMILES string of the molecule is CCCC(=O)N1CCN(c2nc(C)nc(C)c2Cc2ccc([N+](=O)[O-])cc2)CC1. The van der Waals surface area contributed by atoms with E-state index < -0.39 is 4.92 Å². The van der Waals surface area contributed by atoms with Crippen LogP contribution in [0.5, 0.6) is 0 Å². The fourth-order valence-corrected chi connectivity index (χ4v) is 3.67. The molecule has 8 heteroatoms. The molecular formula is C21H27N5O3. The van der Waals surface area contributed by atoms with Gasteiger partial charge in [0.25, 0.3) is 5.69 Å². The van der Waals surface area contributed by atoms with Crippen LogP contribution in [0, 0.1) is 24.0 Å². The summed E-state index contributed by atoms with van der Waals surface area (Å²) in [7, 11) is 0. The van der Waals surface area contributed by atoms with E-state index in [1.807, 2.05) is 25.7 Å².